The van der Waals surface area contributed by atoms with Gasteiger partial charge in [-0.1, -0.05) is 5.21 Å². The van der Waals surface area contributed by atoms with Gasteiger partial charge >= 0.3 is 6.09 Å². The SMILES string of the molecule is CC(C)NC(=O)c1ccc2c(c1)nnn2CCNC(=O)OC(C)(C)C. The van der Waals surface area contributed by atoms with Crippen LogP contribution in [-0.4, -0.2) is 45.2 Å². The predicted molar refractivity (Wildman–Crippen MR) is 94.4 cm³/mol. The number of benzene rings is 1. The van der Waals surface area contributed by atoms with Crippen molar-refractivity contribution in [1.82, 2.24) is 25.6 Å². The van der Waals surface area contributed by atoms with E-state index in [2.05, 4.69) is 20.9 Å². The Balaban J connectivity index is 1.99. The second-order valence-corrected chi connectivity index (χ2v) is 7.07. The van der Waals surface area contributed by atoms with Crippen molar-refractivity contribution < 1.29 is 14.3 Å². The predicted octanol–water partition coefficient (Wildman–Crippen LogP) is 2.09. The molecule has 2 aromatic rings. The van der Waals surface area contributed by atoms with Crippen LogP contribution in [-0.2, 0) is 11.3 Å². The van der Waals surface area contributed by atoms with E-state index in [-0.39, 0.29) is 11.9 Å². The Bertz CT molecular complexity index is 761. The second-order valence-electron chi connectivity index (χ2n) is 7.07. The van der Waals surface area contributed by atoms with E-state index in [1.165, 1.54) is 0 Å². The number of hydrogen-bond donors (Lipinski definition) is 2. The number of fused-ring (bicyclic) bond motifs is 1. The van der Waals surface area contributed by atoms with Gasteiger partial charge in [-0.05, 0) is 52.8 Å². The minimum atomic E-state index is -0.531. The summed E-state index contributed by atoms with van der Waals surface area (Å²) in [7, 11) is 0. The normalized spacial score (nSPS) is 11.6. The highest BCUT2D eigenvalue weighted by molar-refractivity contribution is 5.97. The van der Waals surface area contributed by atoms with Crippen molar-refractivity contribution in [3.05, 3.63) is 23.8 Å². The van der Waals surface area contributed by atoms with Crippen molar-refractivity contribution in [2.45, 2.75) is 52.8 Å². The van der Waals surface area contributed by atoms with E-state index in [1.54, 1.807) is 22.9 Å². The number of nitrogens with zero attached hydrogens (tertiary/aromatic N) is 3. The number of carbonyl (C=O) groups is 2. The Morgan fingerprint density at radius 1 is 1.28 bits per heavy atom. The lowest BCUT2D eigenvalue weighted by atomic mass is 10.2. The van der Waals surface area contributed by atoms with E-state index in [1.807, 2.05) is 34.6 Å². The number of aromatic nitrogens is 3. The first kappa shape index (κ1) is 18.7. The summed E-state index contributed by atoms with van der Waals surface area (Å²) in [6.07, 6.45) is -0.468. The van der Waals surface area contributed by atoms with Gasteiger partial charge in [0.2, 0.25) is 0 Å². The van der Waals surface area contributed by atoms with Crippen molar-refractivity contribution in [3.63, 3.8) is 0 Å². The molecule has 136 valence electrons. The van der Waals surface area contributed by atoms with Gasteiger partial charge < -0.3 is 15.4 Å². The lowest BCUT2D eigenvalue weighted by Crippen LogP contribution is -2.34. The van der Waals surface area contributed by atoms with Crippen LogP contribution < -0.4 is 10.6 Å². The number of amides is 2. The minimum Gasteiger partial charge on any atom is -0.444 e. The number of nitrogens with one attached hydrogen (secondary N) is 2. The Morgan fingerprint density at radius 2 is 2.00 bits per heavy atom. The summed E-state index contributed by atoms with van der Waals surface area (Å²) in [5.74, 6) is -0.141. The number of ether oxygens (including phenoxy) is 1. The van der Waals surface area contributed by atoms with Crippen LogP contribution in [0.25, 0.3) is 11.0 Å². The van der Waals surface area contributed by atoms with E-state index < -0.39 is 11.7 Å². The van der Waals surface area contributed by atoms with E-state index in [0.29, 0.717) is 24.2 Å². The van der Waals surface area contributed by atoms with Crippen LogP contribution in [0.3, 0.4) is 0 Å². The standard InChI is InChI=1S/C17H25N5O3/c1-11(2)19-15(23)12-6-7-14-13(10-12)20-21-22(14)9-8-18-16(24)25-17(3,4)5/h6-7,10-11H,8-9H2,1-5H3,(H,18,24)(H,19,23). The van der Waals surface area contributed by atoms with E-state index in [9.17, 15) is 9.59 Å². The zero-order chi connectivity index (χ0) is 18.6. The van der Waals surface area contributed by atoms with E-state index >= 15 is 0 Å². The van der Waals surface area contributed by atoms with Gasteiger partial charge in [-0.2, -0.15) is 0 Å². The van der Waals surface area contributed by atoms with Crippen LogP contribution >= 0.6 is 0 Å². The van der Waals surface area contributed by atoms with E-state index in [0.717, 1.165) is 5.52 Å². The van der Waals surface area contributed by atoms with Gasteiger partial charge in [0.05, 0.1) is 12.1 Å². The summed E-state index contributed by atoms with van der Waals surface area (Å²) in [5.41, 5.74) is 1.44. The molecular formula is C17H25N5O3. The molecule has 0 atom stereocenters. The highest BCUT2D eigenvalue weighted by Gasteiger charge is 2.16. The topological polar surface area (TPSA) is 98.1 Å². The van der Waals surface area contributed by atoms with Gasteiger partial charge in [-0.25, -0.2) is 9.48 Å². The molecule has 0 unspecified atom stereocenters. The number of rotatable bonds is 5. The van der Waals surface area contributed by atoms with Gasteiger partial charge in [-0.15, -0.1) is 5.10 Å². The lowest BCUT2D eigenvalue weighted by molar-refractivity contribution is 0.0525. The molecule has 0 aliphatic rings. The Morgan fingerprint density at radius 3 is 2.64 bits per heavy atom. The number of carbonyl (C=O) groups excluding carboxylic acids is 2. The van der Waals surface area contributed by atoms with Crippen LogP contribution in [0.4, 0.5) is 4.79 Å². The summed E-state index contributed by atoms with van der Waals surface area (Å²) < 4.78 is 6.86. The Hall–Kier alpha value is -2.64. The van der Waals surface area contributed by atoms with Crippen molar-refractivity contribution in [1.29, 1.82) is 0 Å². The largest absolute Gasteiger partial charge is 0.444 e. The molecule has 2 N–H and O–H groups in total. The first-order valence-electron chi connectivity index (χ1n) is 8.26. The molecule has 0 aliphatic heterocycles. The second kappa shape index (κ2) is 7.50. The summed E-state index contributed by atoms with van der Waals surface area (Å²) in [6, 6.07) is 5.31. The quantitative estimate of drug-likeness (QED) is 0.863. The maximum Gasteiger partial charge on any atom is 0.407 e. The molecule has 0 radical (unpaired) electrons. The van der Waals surface area contributed by atoms with Crippen LogP contribution in [0.5, 0.6) is 0 Å². The van der Waals surface area contributed by atoms with Gasteiger partial charge in [-0.3, -0.25) is 4.79 Å². The molecule has 0 spiro atoms. The van der Waals surface area contributed by atoms with Gasteiger partial charge in [0.15, 0.2) is 0 Å². The molecule has 1 aromatic carbocycles. The first-order valence-corrected chi connectivity index (χ1v) is 8.26. The molecule has 8 nitrogen and oxygen atoms in total. The van der Waals surface area contributed by atoms with Crippen LogP contribution in [0.15, 0.2) is 18.2 Å². The van der Waals surface area contributed by atoms with Crippen molar-refractivity contribution in [3.8, 4) is 0 Å². The summed E-state index contributed by atoms with van der Waals surface area (Å²) in [5, 5.41) is 13.7. The fraction of sp³-hybridized carbons (Fsp3) is 0.529. The smallest absolute Gasteiger partial charge is 0.407 e. The van der Waals surface area contributed by atoms with Gasteiger partial charge in [0.1, 0.15) is 11.1 Å². The fourth-order valence-corrected chi connectivity index (χ4v) is 2.20. The number of alkyl carbamates (subject to hydrolysis) is 1. The van der Waals surface area contributed by atoms with Crippen LogP contribution in [0.1, 0.15) is 45.0 Å². The summed E-state index contributed by atoms with van der Waals surface area (Å²) in [4.78, 5) is 23.7. The van der Waals surface area contributed by atoms with Gasteiger partial charge in [0, 0.05) is 18.2 Å². The third-order valence-corrected chi connectivity index (χ3v) is 3.19. The van der Waals surface area contributed by atoms with Crippen LogP contribution in [0, 0.1) is 0 Å². The summed E-state index contributed by atoms with van der Waals surface area (Å²) in [6.45, 7) is 10.1. The third kappa shape index (κ3) is 5.44. The molecule has 25 heavy (non-hydrogen) atoms. The molecule has 0 bridgehead atoms. The molecule has 0 saturated heterocycles. The van der Waals surface area contributed by atoms with Crippen molar-refractivity contribution in [2.24, 2.45) is 0 Å². The maximum atomic E-state index is 12.0. The lowest BCUT2D eigenvalue weighted by Gasteiger charge is -2.19. The fourth-order valence-electron chi connectivity index (χ4n) is 2.20. The Kier molecular flexibility index (Phi) is 5.61. The number of hydrogen-bond acceptors (Lipinski definition) is 5. The van der Waals surface area contributed by atoms with Crippen molar-refractivity contribution in [2.75, 3.05) is 6.54 Å². The van der Waals surface area contributed by atoms with Gasteiger partial charge in [0.25, 0.3) is 5.91 Å². The molecule has 0 aliphatic carbocycles. The minimum absolute atomic E-state index is 0.0674. The zero-order valence-corrected chi connectivity index (χ0v) is 15.3. The monoisotopic (exact) mass is 347 g/mol. The molecule has 0 fully saturated rings. The average molecular weight is 347 g/mol. The summed E-state index contributed by atoms with van der Waals surface area (Å²) >= 11 is 0. The first-order chi connectivity index (χ1) is 11.7. The Labute approximate surface area is 146 Å². The molecule has 1 aromatic heterocycles. The molecular weight excluding hydrogens is 322 g/mol. The molecule has 8 heteroatoms. The molecule has 2 amide bonds. The van der Waals surface area contributed by atoms with E-state index in [4.69, 9.17) is 4.74 Å². The highest BCUT2D eigenvalue weighted by atomic mass is 16.6. The molecule has 1 heterocycles. The average Bonchev–Trinajstić information content (AvgIpc) is 2.87. The highest BCUT2D eigenvalue weighted by Crippen LogP contribution is 2.13. The maximum absolute atomic E-state index is 12.0. The third-order valence-electron chi connectivity index (χ3n) is 3.19. The zero-order valence-electron chi connectivity index (χ0n) is 15.3. The van der Waals surface area contributed by atoms with Crippen LogP contribution in [0.2, 0.25) is 0 Å². The molecule has 0 saturated carbocycles. The molecule has 2 rings (SSSR count). The van der Waals surface area contributed by atoms with Crippen molar-refractivity contribution >= 4 is 23.0 Å².